The molecule has 2 aliphatic rings. The first-order valence-electron chi connectivity index (χ1n) is 4.59. The quantitative estimate of drug-likeness (QED) is 0.551. The van der Waals surface area contributed by atoms with Crippen LogP contribution in [0.1, 0.15) is 32.1 Å². The summed E-state index contributed by atoms with van der Waals surface area (Å²) in [6.07, 6.45) is 6.60. The fraction of sp³-hybridized carbons (Fsp3) is 1.00. The molecule has 11 heavy (non-hydrogen) atoms. The number of thiol groups is 1. The van der Waals surface area contributed by atoms with Crippen LogP contribution in [-0.2, 0) is 4.74 Å². The molecule has 0 N–H and O–H groups in total. The zero-order valence-corrected chi connectivity index (χ0v) is 7.78. The Hall–Kier alpha value is 0.310. The molecule has 64 valence electrons. The molecule has 1 atom stereocenters. The van der Waals surface area contributed by atoms with Crippen molar-refractivity contribution in [1.29, 1.82) is 0 Å². The van der Waals surface area contributed by atoms with Crippen molar-refractivity contribution in [3.8, 4) is 0 Å². The van der Waals surface area contributed by atoms with Crippen molar-refractivity contribution in [2.75, 3.05) is 13.2 Å². The van der Waals surface area contributed by atoms with E-state index in [1.54, 1.807) is 0 Å². The van der Waals surface area contributed by atoms with Gasteiger partial charge in [0, 0.05) is 18.5 Å². The molecule has 1 saturated heterocycles. The Morgan fingerprint density at radius 2 is 1.91 bits per heavy atom. The average molecular weight is 172 g/mol. The van der Waals surface area contributed by atoms with E-state index >= 15 is 0 Å². The second-order valence-corrected chi connectivity index (χ2v) is 4.51. The summed E-state index contributed by atoms with van der Waals surface area (Å²) in [5.74, 6) is 0. The van der Waals surface area contributed by atoms with Gasteiger partial charge in [-0.05, 0) is 31.1 Å². The molecular weight excluding hydrogens is 156 g/mol. The first kappa shape index (κ1) is 7.93. The lowest BCUT2D eigenvalue weighted by molar-refractivity contribution is 0.0209. The molecule has 1 nitrogen and oxygen atoms in total. The standard InChI is InChI=1S/C9H16OS/c11-8-2-1-3-9(8)4-6-10-7-5-9/h8,11H,1-7H2. The van der Waals surface area contributed by atoms with E-state index < -0.39 is 0 Å². The van der Waals surface area contributed by atoms with Crippen LogP contribution >= 0.6 is 12.6 Å². The highest BCUT2D eigenvalue weighted by Crippen LogP contribution is 2.48. The van der Waals surface area contributed by atoms with Crippen molar-refractivity contribution < 1.29 is 4.74 Å². The molecule has 2 fully saturated rings. The molecule has 0 radical (unpaired) electrons. The summed E-state index contributed by atoms with van der Waals surface area (Å²) in [6.45, 7) is 1.94. The van der Waals surface area contributed by atoms with E-state index in [9.17, 15) is 0 Å². The molecule has 0 aromatic heterocycles. The van der Waals surface area contributed by atoms with E-state index in [0.717, 1.165) is 13.2 Å². The maximum absolute atomic E-state index is 5.37. The molecule has 1 saturated carbocycles. The van der Waals surface area contributed by atoms with Crippen molar-refractivity contribution in [1.82, 2.24) is 0 Å². The van der Waals surface area contributed by atoms with Gasteiger partial charge in [-0.2, -0.15) is 12.6 Å². The molecule has 1 aliphatic heterocycles. The third-order valence-corrected chi connectivity index (χ3v) is 4.15. The Morgan fingerprint density at radius 3 is 2.45 bits per heavy atom. The topological polar surface area (TPSA) is 9.23 Å². The summed E-state index contributed by atoms with van der Waals surface area (Å²) >= 11 is 4.67. The Kier molecular flexibility index (Phi) is 2.15. The van der Waals surface area contributed by atoms with Crippen LogP contribution in [0.2, 0.25) is 0 Å². The van der Waals surface area contributed by atoms with Gasteiger partial charge >= 0.3 is 0 Å². The Morgan fingerprint density at radius 1 is 1.18 bits per heavy atom. The van der Waals surface area contributed by atoms with E-state index in [1.165, 1.54) is 32.1 Å². The van der Waals surface area contributed by atoms with Gasteiger partial charge in [-0.25, -0.2) is 0 Å². The largest absolute Gasteiger partial charge is 0.381 e. The molecule has 0 bridgehead atoms. The lowest BCUT2D eigenvalue weighted by Gasteiger charge is -2.36. The number of rotatable bonds is 0. The normalized spacial score (nSPS) is 36.3. The van der Waals surface area contributed by atoms with Gasteiger partial charge < -0.3 is 4.74 Å². The molecule has 0 amide bonds. The van der Waals surface area contributed by atoms with Gasteiger partial charge in [-0.15, -0.1) is 0 Å². The maximum Gasteiger partial charge on any atom is 0.0471 e. The molecular formula is C9H16OS. The summed E-state index contributed by atoms with van der Waals surface area (Å²) < 4.78 is 5.37. The van der Waals surface area contributed by atoms with Crippen LogP contribution in [0.3, 0.4) is 0 Å². The van der Waals surface area contributed by atoms with Crippen LogP contribution in [-0.4, -0.2) is 18.5 Å². The lowest BCUT2D eigenvalue weighted by atomic mass is 9.78. The Balaban J connectivity index is 2.06. The SMILES string of the molecule is SC1CCCC12CCOCC2. The van der Waals surface area contributed by atoms with Gasteiger partial charge in [-0.1, -0.05) is 6.42 Å². The Labute approximate surface area is 73.9 Å². The van der Waals surface area contributed by atoms with Gasteiger partial charge in [0.05, 0.1) is 0 Å². The molecule has 2 heteroatoms. The van der Waals surface area contributed by atoms with E-state index in [-0.39, 0.29) is 0 Å². The summed E-state index contributed by atoms with van der Waals surface area (Å²) in [4.78, 5) is 0. The number of hydrogen-bond donors (Lipinski definition) is 1. The fourth-order valence-electron chi connectivity index (χ4n) is 2.48. The van der Waals surface area contributed by atoms with E-state index in [2.05, 4.69) is 12.6 Å². The second kappa shape index (κ2) is 2.98. The van der Waals surface area contributed by atoms with E-state index in [0.29, 0.717) is 10.7 Å². The fourth-order valence-corrected chi connectivity index (χ4v) is 3.05. The lowest BCUT2D eigenvalue weighted by Crippen LogP contribution is -2.33. The van der Waals surface area contributed by atoms with Crippen LogP contribution in [0.4, 0.5) is 0 Å². The third-order valence-electron chi connectivity index (χ3n) is 3.35. The molecule has 1 unspecified atom stereocenters. The van der Waals surface area contributed by atoms with E-state index in [4.69, 9.17) is 4.74 Å². The summed E-state index contributed by atoms with van der Waals surface area (Å²) in [7, 11) is 0. The number of hydrogen-bond acceptors (Lipinski definition) is 2. The first-order valence-corrected chi connectivity index (χ1v) is 5.11. The van der Waals surface area contributed by atoms with Gasteiger partial charge in [0.15, 0.2) is 0 Å². The monoisotopic (exact) mass is 172 g/mol. The van der Waals surface area contributed by atoms with Crippen LogP contribution in [0, 0.1) is 5.41 Å². The van der Waals surface area contributed by atoms with Crippen molar-refractivity contribution in [2.45, 2.75) is 37.4 Å². The molecule has 0 aromatic rings. The van der Waals surface area contributed by atoms with Gasteiger partial charge in [0.25, 0.3) is 0 Å². The van der Waals surface area contributed by atoms with Crippen molar-refractivity contribution in [3.05, 3.63) is 0 Å². The summed E-state index contributed by atoms with van der Waals surface area (Å²) in [5, 5.41) is 0.659. The molecule has 2 rings (SSSR count). The molecule has 1 spiro atoms. The van der Waals surface area contributed by atoms with Gasteiger partial charge in [-0.3, -0.25) is 0 Å². The van der Waals surface area contributed by atoms with E-state index in [1.807, 2.05) is 0 Å². The minimum Gasteiger partial charge on any atom is -0.381 e. The zero-order valence-electron chi connectivity index (χ0n) is 6.88. The smallest absolute Gasteiger partial charge is 0.0471 e. The first-order chi connectivity index (χ1) is 5.33. The van der Waals surface area contributed by atoms with Gasteiger partial charge in [0.1, 0.15) is 0 Å². The summed E-state index contributed by atoms with van der Waals surface area (Å²) in [6, 6.07) is 0. The molecule has 0 aromatic carbocycles. The molecule has 1 heterocycles. The van der Waals surface area contributed by atoms with Crippen molar-refractivity contribution in [3.63, 3.8) is 0 Å². The van der Waals surface area contributed by atoms with Crippen LogP contribution in [0.5, 0.6) is 0 Å². The highest BCUT2D eigenvalue weighted by Gasteiger charge is 2.41. The minimum absolute atomic E-state index is 0.571. The zero-order chi connectivity index (χ0) is 7.73. The van der Waals surface area contributed by atoms with Crippen molar-refractivity contribution in [2.24, 2.45) is 5.41 Å². The predicted molar refractivity (Wildman–Crippen MR) is 49.1 cm³/mol. The summed E-state index contributed by atoms with van der Waals surface area (Å²) in [5.41, 5.74) is 0.571. The van der Waals surface area contributed by atoms with Crippen LogP contribution in [0.25, 0.3) is 0 Å². The maximum atomic E-state index is 5.37. The minimum atomic E-state index is 0.571. The second-order valence-electron chi connectivity index (χ2n) is 3.88. The average Bonchev–Trinajstić information content (AvgIpc) is 2.36. The van der Waals surface area contributed by atoms with Crippen molar-refractivity contribution >= 4 is 12.6 Å². The predicted octanol–water partition coefficient (Wildman–Crippen LogP) is 2.27. The molecule has 1 aliphatic carbocycles. The Bertz CT molecular complexity index is 140. The highest BCUT2D eigenvalue weighted by atomic mass is 32.1. The highest BCUT2D eigenvalue weighted by molar-refractivity contribution is 7.81. The van der Waals surface area contributed by atoms with Gasteiger partial charge in [0.2, 0.25) is 0 Å². The van der Waals surface area contributed by atoms with Crippen LogP contribution < -0.4 is 0 Å². The third kappa shape index (κ3) is 1.31. The van der Waals surface area contributed by atoms with Crippen LogP contribution in [0.15, 0.2) is 0 Å². The number of ether oxygens (including phenoxy) is 1.